The maximum Gasteiger partial charge on any atom is 0.334 e. The van der Waals surface area contributed by atoms with Crippen molar-refractivity contribution in [2.45, 2.75) is 75.7 Å². The van der Waals surface area contributed by atoms with Crippen molar-refractivity contribution in [2.24, 2.45) is 5.73 Å². The van der Waals surface area contributed by atoms with Gasteiger partial charge in [-0.15, -0.1) is 0 Å². The van der Waals surface area contributed by atoms with Crippen LogP contribution in [0.25, 0.3) is 10.8 Å². The highest BCUT2D eigenvalue weighted by Crippen LogP contribution is 2.21. The van der Waals surface area contributed by atoms with E-state index in [1.807, 2.05) is 30.3 Å². The van der Waals surface area contributed by atoms with Crippen molar-refractivity contribution < 1.29 is 43.8 Å². The zero-order valence-corrected chi connectivity index (χ0v) is 36.1. The normalized spacial score (nSPS) is 13.3. The lowest BCUT2D eigenvalue weighted by atomic mass is 9.97. The number of unbranched alkanes of at least 4 members (excludes halogenated alkanes) is 1. The third-order valence-electron chi connectivity index (χ3n) is 10.4. The number of fused-ring (bicyclic) bond motifs is 1. The summed E-state index contributed by atoms with van der Waals surface area (Å²) in [6, 6.07) is 18.0. The highest BCUT2D eigenvalue weighted by molar-refractivity contribution is 6.30. The number of hydrogen-bond acceptors (Lipinski definition) is 10. The Morgan fingerprint density at radius 1 is 0.730 bits per heavy atom. The van der Waals surface area contributed by atoms with Gasteiger partial charge in [0.15, 0.2) is 0 Å². The molecule has 0 unspecified atom stereocenters. The summed E-state index contributed by atoms with van der Waals surface area (Å²) in [5.41, 5.74) is 9.75. The molecule has 0 heterocycles. The monoisotopic (exact) mass is 886 g/mol. The molecule has 63 heavy (non-hydrogen) atoms. The molecule has 336 valence electrons. The average molecular weight is 887 g/mol. The molecule has 4 aromatic carbocycles. The lowest BCUT2D eigenvalue weighted by Crippen LogP contribution is -2.61. The minimum absolute atomic E-state index is 0.0192. The molecule has 0 spiro atoms. The number of urea groups is 1. The SMILES string of the molecule is CC(=O)N(C)NC(=O)N[C@@H](Cc1ccc(Cl)cc1)C(=O)N[C@@H](Cc1cccc2ccccc12)C(=O)N[C@@H](CO)C(=O)N(C)[C@@H](Cc1ccc(O)cc1)C(=O)N[C@@H](C=O)CCCCN. The van der Waals surface area contributed by atoms with E-state index in [1.165, 1.54) is 33.2 Å². The molecule has 17 nitrogen and oxygen atoms in total. The number of likely N-dealkylation sites (N-methyl/N-ethyl adjacent to an activating group) is 1. The summed E-state index contributed by atoms with van der Waals surface area (Å²) in [5, 5.41) is 34.0. The summed E-state index contributed by atoms with van der Waals surface area (Å²) in [7, 11) is 2.65. The summed E-state index contributed by atoms with van der Waals surface area (Å²) < 4.78 is 0. The van der Waals surface area contributed by atoms with Crippen LogP contribution < -0.4 is 32.4 Å². The van der Waals surface area contributed by atoms with Crippen LogP contribution >= 0.6 is 11.6 Å². The van der Waals surface area contributed by atoms with Gasteiger partial charge in [-0.05, 0) is 77.5 Å². The van der Waals surface area contributed by atoms with Gasteiger partial charge in [0.2, 0.25) is 29.5 Å². The number of aliphatic hydroxyl groups excluding tert-OH is 1. The Morgan fingerprint density at radius 2 is 1.33 bits per heavy atom. The number of aldehydes is 1. The summed E-state index contributed by atoms with van der Waals surface area (Å²) in [5.74, 6) is -3.70. The Morgan fingerprint density at radius 3 is 1.97 bits per heavy atom. The lowest BCUT2D eigenvalue weighted by Gasteiger charge is -2.32. The number of rotatable bonds is 21. The number of hydrazine groups is 1. The maximum absolute atomic E-state index is 14.4. The van der Waals surface area contributed by atoms with Gasteiger partial charge in [-0.1, -0.05) is 78.3 Å². The van der Waals surface area contributed by atoms with E-state index in [0.29, 0.717) is 53.8 Å². The number of halogens is 1. The van der Waals surface area contributed by atoms with E-state index in [1.54, 1.807) is 48.5 Å². The topological polar surface area (TPSA) is 253 Å². The number of hydrogen-bond donors (Lipinski definition) is 8. The number of carbonyl (C=O) groups is 7. The van der Waals surface area contributed by atoms with E-state index in [-0.39, 0.29) is 25.0 Å². The largest absolute Gasteiger partial charge is 0.508 e. The van der Waals surface area contributed by atoms with Crippen LogP contribution in [0.15, 0.2) is 91.0 Å². The van der Waals surface area contributed by atoms with Gasteiger partial charge in [0.25, 0.3) is 0 Å². The first-order valence-corrected chi connectivity index (χ1v) is 20.8. The van der Waals surface area contributed by atoms with Crippen molar-refractivity contribution in [2.75, 3.05) is 27.2 Å². The minimum atomic E-state index is -1.62. The molecule has 0 bridgehead atoms. The van der Waals surface area contributed by atoms with Crippen molar-refractivity contribution >= 4 is 64.2 Å². The Kier molecular flexibility index (Phi) is 18.8. The molecule has 0 aliphatic heterocycles. The quantitative estimate of drug-likeness (QED) is 0.0343. The summed E-state index contributed by atoms with van der Waals surface area (Å²) in [4.78, 5) is 94.5. The standard InChI is InChI=1S/C45H55ClN8O9/c1-28(57)54(3)52-45(63)51-37(23-29-14-18-33(46)19-15-29)41(59)49-38(25-32-11-8-10-31-9-4-5-13-36(31)32)42(60)50-39(27-56)44(62)53(2)40(24-30-16-20-35(58)21-17-30)43(61)48-34(26-55)12-6-7-22-47/h4-5,8-11,13-21,26,34,37-40,56,58H,6-7,12,22-25,27,47H2,1-3H3,(H,48,61)(H,49,59)(H,50,60)(H2,51,52,63)/t34-,37+,38+,39+,40+/m1/s1. The number of phenols is 1. The zero-order valence-electron chi connectivity index (χ0n) is 35.4. The Labute approximate surface area is 370 Å². The van der Waals surface area contributed by atoms with Crippen LogP contribution in [-0.2, 0) is 48.0 Å². The van der Waals surface area contributed by atoms with Gasteiger partial charge in [0, 0.05) is 45.3 Å². The number of nitrogens with one attached hydrogen (secondary N) is 5. The van der Waals surface area contributed by atoms with Crippen LogP contribution in [0, 0.1) is 0 Å². The fraction of sp³-hybridized carbons (Fsp3) is 0.356. The van der Waals surface area contributed by atoms with Crippen molar-refractivity contribution in [3.8, 4) is 5.75 Å². The third-order valence-corrected chi connectivity index (χ3v) is 10.6. The summed E-state index contributed by atoms with van der Waals surface area (Å²) >= 11 is 6.09. The number of benzene rings is 4. The van der Waals surface area contributed by atoms with E-state index in [4.69, 9.17) is 17.3 Å². The van der Waals surface area contributed by atoms with Gasteiger partial charge >= 0.3 is 6.03 Å². The van der Waals surface area contributed by atoms with E-state index in [0.717, 1.165) is 20.7 Å². The molecule has 0 fully saturated rings. The molecular weight excluding hydrogens is 832 g/mol. The van der Waals surface area contributed by atoms with Crippen LogP contribution in [0.4, 0.5) is 4.79 Å². The second-order valence-corrected chi connectivity index (χ2v) is 15.5. The molecule has 0 aliphatic rings. The number of nitrogens with two attached hydrogens (primary N) is 1. The molecule has 7 amide bonds. The number of aliphatic hydroxyl groups is 1. The number of aromatic hydroxyl groups is 1. The second kappa shape index (κ2) is 24.2. The molecule has 0 radical (unpaired) electrons. The van der Waals surface area contributed by atoms with E-state index in [2.05, 4.69) is 26.7 Å². The van der Waals surface area contributed by atoms with Crippen LogP contribution in [-0.4, -0.2) is 119 Å². The third kappa shape index (κ3) is 14.8. The summed E-state index contributed by atoms with van der Waals surface area (Å²) in [6.45, 7) is 0.730. The van der Waals surface area contributed by atoms with Crippen LogP contribution in [0.2, 0.25) is 5.02 Å². The van der Waals surface area contributed by atoms with Gasteiger partial charge in [0.1, 0.15) is 36.2 Å². The van der Waals surface area contributed by atoms with Crippen molar-refractivity contribution in [1.82, 2.24) is 36.6 Å². The van der Waals surface area contributed by atoms with Crippen molar-refractivity contribution in [3.05, 3.63) is 113 Å². The molecule has 4 aromatic rings. The van der Waals surface area contributed by atoms with Crippen LogP contribution in [0.5, 0.6) is 5.75 Å². The van der Waals surface area contributed by atoms with Gasteiger partial charge in [-0.3, -0.25) is 29.0 Å². The molecule has 0 aromatic heterocycles. The molecule has 18 heteroatoms. The molecule has 4 rings (SSSR count). The van der Waals surface area contributed by atoms with Gasteiger partial charge in [0.05, 0.1) is 12.6 Å². The fourth-order valence-electron chi connectivity index (χ4n) is 6.74. The smallest absolute Gasteiger partial charge is 0.334 e. The lowest BCUT2D eigenvalue weighted by molar-refractivity contribution is -0.143. The second-order valence-electron chi connectivity index (χ2n) is 15.1. The molecule has 5 atom stereocenters. The molecular formula is C45H55ClN8O9. The van der Waals surface area contributed by atoms with E-state index < -0.39 is 72.4 Å². The predicted octanol–water partition coefficient (Wildman–Crippen LogP) is 1.89. The molecule has 0 saturated carbocycles. The zero-order chi connectivity index (χ0) is 46.1. The van der Waals surface area contributed by atoms with Crippen LogP contribution in [0.1, 0.15) is 42.9 Å². The van der Waals surface area contributed by atoms with Crippen LogP contribution in [0.3, 0.4) is 0 Å². The predicted molar refractivity (Wildman–Crippen MR) is 237 cm³/mol. The van der Waals surface area contributed by atoms with Gasteiger partial charge < -0.3 is 46.9 Å². The molecule has 0 aliphatic carbocycles. The number of carbonyl (C=O) groups excluding carboxylic acids is 7. The van der Waals surface area contributed by atoms with E-state index >= 15 is 0 Å². The van der Waals surface area contributed by atoms with Gasteiger partial charge in [-0.2, -0.15) is 0 Å². The Hall–Kier alpha value is -6.56. The highest BCUT2D eigenvalue weighted by atomic mass is 35.5. The highest BCUT2D eigenvalue weighted by Gasteiger charge is 2.35. The van der Waals surface area contributed by atoms with Gasteiger partial charge in [-0.25, -0.2) is 10.2 Å². The number of phenolic OH excluding ortho intramolecular Hbond substituents is 1. The van der Waals surface area contributed by atoms with Crippen molar-refractivity contribution in [3.63, 3.8) is 0 Å². The minimum Gasteiger partial charge on any atom is -0.508 e. The van der Waals surface area contributed by atoms with E-state index in [9.17, 15) is 43.8 Å². The first-order chi connectivity index (χ1) is 30.1. The molecule has 0 saturated heterocycles. The number of nitrogens with zero attached hydrogens (tertiary/aromatic N) is 2. The number of amides is 7. The Bertz CT molecular complexity index is 2200. The Balaban J connectivity index is 1.65. The average Bonchev–Trinajstić information content (AvgIpc) is 3.27. The maximum atomic E-state index is 14.4. The first kappa shape index (κ1) is 49.1. The fourth-order valence-corrected chi connectivity index (χ4v) is 6.86. The molecule has 9 N–H and O–H groups in total. The van der Waals surface area contributed by atoms with Crippen molar-refractivity contribution in [1.29, 1.82) is 0 Å². The summed E-state index contributed by atoms with van der Waals surface area (Å²) in [6.07, 6.45) is 1.88. The first-order valence-electron chi connectivity index (χ1n) is 20.4.